The van der Waals surface area contributed by atoms with Gasteiger partial charge in [0.1, 0.15) is 5.75 Å². The number of ether oxygens (including phenoxy) is 2. The summed E-state index contributed by atoms with van der Waals surface area (Å²) in [7, 11) is 0. The van der Waals surface area contributed by atoms with Gasteiger partial charge in [0.25, 0.3) is 5.91 Å². The SMILES string of the molecule is CC(C)(N)CNC(=O)C(C)(C)Oc1ccc([C@H]2CC[C@]3(CC2)OO[C@]2(O3)C3CC4CC(C3)CC2C4)cc1. The Morgan fingerprint density at radius 2 is 1.57 bits per heavy atom. The maximum absolute atomic E-state index is 12.6. The van der Waals surface area contributed by atoms with Crippen LogP contribution in [0.5, 0.6) is 5.75 Å². The van der Waals surface area contributed by atoms with E-state index in [1.165, 1.54) is 37.7 Å². The third-order valence-corrected chi connectivity index (χ3v) is 9.67. The van der Waals surface area contributed by atoms with E-state index >= 15 is 0 Å². The first-order valence-electron chi connectivity index (χ1n) is 14.4. The van der Waals surface area contributed by atoms with Crippen LogP contribution in [0.25, 0.3) is 0 Å². The van der Waals surface area contributed by atoms with Crippen LogP contribution in [-0.4, -0.2) is 35.2 Å². The van der Waals surface area contributed by atoms with Gasteiger partial charge in [0.15, 0.2) is 5.60 Å². The zero-order chi connectivity index (χ0) is 26.1. The first-order valence-corrected chi connectivity index (χ1v) is 14.4. The Hall–Kier alpha value is -1.67. The van der Waals surface area contributed by atoms with Gasteiger partial charge in [-0.15, -0.1) is 0 Å². The van der Waals surface area contributed by atoms with Crippen molar-refractivity contribution in [2.75, 3.05) is 6.54 Å². The predicted molar refractivity (Wildman–Crippen MR) is 139 cm³/mol. The van der Waals surface area contributed by atoms with Crippen molar-refractivity contribution in [2.45, 2.75) is 114 Å². The molecule has 6 aliphatic rings. The van der Waals surface area contributed by atoms with E-state index in [0.29, 0.717) is 30.0 Å². The van der Waals surface area contributed by atoms with Crippen LogP contribution in [0.2, 0.25) is 0 Å². The van der Waals surface area contributed by atoms with Gasteiger partial charge in [0, 0.05) is 36.8 Å². The molecule has 204 valence electrons. The van der Waals surface area contributed by atoms with Gasteiger partial charge in [-0.25, -0.2) is 0 Å². The quantitative estimate of drug-likeness (QED) is 0.510. The van der Waals surface area contributed by atoms with Crippen molar-refractivity contribution in [3.8, 4) is 5.75 Å². The number of hydrogen-bond acceptors (Lipinski definition) is 6. The Balaban J connectivity index is 1.04. The summed E-state index contributed by atoms with van der Waals surface area (Å²) in [6.45, 7) is 7.71. The summed E-state index contributed by atoms with van der Waals surface area (Å²) >= 11 is 0. The second-order valence-corrected chi connectivity index (χ2v) is 13.8. The molecule has 5 saturated carbocycles. The molecule has 37 heavy (non-hydrogen) atoms. The topological polar surface area (TPSA) is 92.0 Å². The molecule has 1 saturated heterocycles. The minimum absolute atomic E-state index is 0.177. The summed E-state index contributed by atoms with van der Waals surface area (Å²) in [5.41, 5.74) is 5.82. The molecule has 3 N–H and O–H groups in total. The summed E-state index contributed by atoms with van der Waals surface area (Å²) in [5.74, 6) is 2.64. The van der Waals surface area contributed by atoms with Crippen molar-refractivity contribution < 1.29 is 24.0 Å². The molecule has 1 amide bonds. The van der Waals surface area contributed by atoms with Crippen molar-refractivity contribution in [3.63, 3.8) is 0 Å². The molecule has 1 aromatic rings. The van der Waals surface area contributed by atoms with Crippen molar-refractivity contribution in [3.05, 3.63) is 29.8 Å². The number of carbonyl (C=O) groups excluding carboxylic acids is 1. The van der Waals surface area contributed by atoms with E-state index in [1.807, 2.05) is 26.0 Å². The van der Waals surface area contributed by atoms with Gasteiger partial charge in [-0.1, -0.05) is 12.1 Å². The highest BCUT2D eigenvalue weighted by molar-refractivity contribution is 5.84. The fourth-order valence-corrected chi connectivity index (χ4v) is 7.86. The number of amides is 1. The molecule has 1 aliphatic heterocycles. The number of hydrogen-bond donors (Lipinski definition) is 2. The van der Waals surface area contributed by atoms with Crippen molar-refractivity contribution in [2.24, 2.45) is 29.4 Å². The molecule has 2 spiro atoms. The smallest absolute Gasteiger partial charge is 0.263 e. The average molecular weight is 513 g/mol. The van der Waals surface area contributed by atoms with Crippen LogP contribution < -0.4 is 15.8 Å². The maximum Gasteiger partial charge on any atom is 0.263 e. The molecule has 0 radical (unpaired) electrons. The molecule has 7 heteroatoms. The molecule has 4 bridgehead atoms. The Bertz CT molecular complexity index is 978. The molecule has 0 unspecified atom stereocenters. The molecule has 1 heterocycles. The van der Waals surface area contributed by atoms with Crippen molar-refractivity contribution >= 4 is 5.91 Å². The standard InChI is InChI=1S/C30H44N2O5/c1-27(2,31)18-32-26(33)28(3,4)34-25-7-5-21(6-8-25)22-9-11-29(12-10-22)35-30(37-36-29)23-14-19-13-20(16-23)17-24(30)15-19/h5-8,19-20,22-24H,9-18,31H2,1-4H3,(H,32,33)/t19?,20?,22-,23?,24?,29+,30-. The third-order valence-electron chi connectivity index (χ3n) is 9.67. The Kier molecular flexibility index (Phi) is 6.18. The lowest BCUT2D eigenvalue weighted by atomic mass is 9.53. The van der Waals surface area contributed by atoms with Gasteiger partial charge >= 0.3 is 0 Å². The molecular formula is C30H44N2O5. The van der Waals surface area contributed by atoms with Gasteiger partial charge in [-0.05, 0) is 108 Å². The largest absolute Gasteiger partial charge is 0.478 e. The van der Waals surface area contributed by atoms with Crippen LogP contribution in [0.4, 0.5) is 0 Å². The molecule has 5 aliphatic carbocycles. The highest BCUT2D eigenvalue weighted by atomic mass is 17.3. The molecule has 7 nitrogen and oxygen atoms in total. The van der Waals surface area contributed by atoms with E-state index in [4.69, 9.17) is 25.0 Å². The molecular weight excluding hydrogens is 468 g/mol. The number of benzene rings is 1. The lowest BCUT2D eigenvalue weighted by Gasteiger charge is -2.57. The summed E-state index contributed by atoms with van der Waals surface area (Å²) in [5, 5.41) is 2.89. The van der Waals surface area contributed by atoms with Crippen molar-refractivity contribution in [1.29, 1.82) is 0 Å². The number of carbonyl (C=O) groups is 1. The molecule has 7 rings (SSSR count). The van der Waals surface area contributed by atoms with Gasteiger partial charge in [0.05, 0.1) is 0 Å². The Morgan fingerprint density at radius 1 is 0.973 bits per heavy atom. The molecule has 0 aromatic heterocycles. The summed E-state index contributed by atoms with van der Waals surface area (Å²) in [6, 6.07) is 8.19. The fraction of sp³-hybridized carbons (Fsp3) is 0.767. The third kappa shape index (κ3) is 4.81. The number of rotatable bonds is 6. The second-order valence-electron chi connectivity index (χ2n) is 13.8. The van der Waals surface area contributed by atoms with E-state index in [2.05, 4.69) is 17.4 Å². The van der Waals surface area contributed by atoms with Crippen LogP contribution >= 0.6 is 0 Å². The number of nitrogens with one attached hydrogen (secondary N) is 1. The molecule has 6 fully saturated rings. The normalized spacial score (nSPS) is 38.9. The average Bonchev–Trinajstić information content (AvgIpc) is 3.21. The van der Waals surface area contributed by atoms with Crippen molar-refractivity contribution in [1.82, 2.24) is 5.32 Å². The van der Waals surface area contributed by atoms with Crippen LogP contribution in [0.3, 0.4) is 0 Å². The first-order chi connectivity index (χ1) is 17.5. The Morgan fingerprint density at radius 3 is 2.14 bits per heavy atom. The van der Waals surface area contributed by atoms with Gasteiger partial charge in [-0.2, -0.15) is 9.78 Å². The molecule has 0 atom stereocenters. The van der Waals surface area contributed by atoms with Crippen LogP contribution in [0.15, 0.2) is 24.3 Å². The van der Waals surface area contributed by atoms with E-state index in [9.17, 15) is 4.79 Å². The lowest BCUT2D eigenvalue weighted by molar-refractivity contribution is -0.390. The highest BCUT2D eigenvalue weighted by Crippen LogP contribution is 2.64. The second kappa shape index (κ2) is 8.94. The zero-order valence-corrected chi connectivity index (χ0v) is 22.9. The van der Waals surface area contributed by atoms with Gasteiger partial charge in [0.2, 0.25) is 11.6 Å². The lowest BCUT2D eigenvalue weighted by Crippen LogP contribution is -2.59. The number of nitrogens with two attached hydrogens (primary N) is 1. The van der Waals surface area contributed by atoms with E-state index in [1.54, 1.807) is 13.8 Å². The summed E-state index contributed by atoms with van der Waals surface area (Å²) in [6.07, 6.45) is 10.1. The van der Waals surface area contributed by atoms with Gasteiger partial charge in [-0.3, -0.25) is 4.79 Å². The first kappa shape index (κ1) is 25.6. The Labute approximate surface area is 221 Å². The van der Waals surface area contributed by atoms with E-state index in [0.717, 1.165) is 37.5 Å². The zero-order valence-electron chi connectivity index (χ0n) is 22.9. The van der Waals surface area contributed by atoms with Crippen LogP contribution in [0.1, 0.15) is 97.0 Å². The van der Waals surface area contributed by atoms with E-state index < -0.39 is 22.7 Å². The monoisotopic (exact) mass is 512 g/mol. The minimum atomic E-state index is -0.991. The molecule has 1 aromatic carbocycles. The summed E-state index contributed by atoms with van der Waals surface area (Å²) < 4.78 is 12.9. The minimum Gasteiger partial charge on any atom is -0.478 e. The maximum atomic E-state index is 12.6. The van der Waals surface area contributed by atoms with Crippen LogP contribution in [0, 0.1) is 23.7 Å². The summed E-state index contributed by atoms with van der Waals surface area (Å²) in [4.78, 5) is 24.9. The van der Waals surface area contributed by atoms with Crippen LogP contribution in [-0.2, 0) is 19.3 Å². The van der Waals surface area contributed by atoms with Gasteiger partial charge < -0.3 is 20.5 Å². The van der Waals surface area contributed by atoms with E-state index in [-0.39, 0.29) is 5.91 Å². The fourth-order valence-electron chi connectivity index (χ4n) is 7.86. The predicted octanol–water partition coefficient (Wildman–Crippen LogP) is 5.18. The highest BCUT2D eigenvalue weighted by Gasteiger charge is 2.66.